The van der Waals surface area contributed by atoms with Gasteiger partial charge in [-0.25, -0.2) is 0 Å². The topological polar surface area (TPSA) is 66.7 Å². The van der Waals surface area contributed by atoms with E-state index >= 15 is 0 Å². The summed E-state index contributed by atoms with van der Waals surface area (Å²) in [5.74, 6) is 1.35. The minimum atomic E-state index is 0.0923. The van der Waals surface area contributed by atoms with Crippen molar-refractivity contribution >= 4 is 29.1 Å². The van der Waals surface area contributed by atoms with Gasteiger partial charge in [0.2, 0.25) is 17.5 Å². The van der Waals surface area contributed by atoms with Gasteiger partial charge >= 0.3 is 0 Å². The number of nitriles is 1. The molecule has 1 N–H and O–H groups in total. The average molecular weight is 368 g/mol. The molecule has 0 spiro atoms. The van der Waals surface area contributed by atoms with Crippen LogP contribution in [-0.4, -0.2) is 38.2 Å². The van der Waals surface area contributed by atoms with E-state index in [2.05, 4.69) is 23.0 Å². The molecule has 1 saturated heterocycles. The molecule has 0 atom stereocenters. The van der Waals surface area contributed by atoms with Crippen LogP contribution in [0.15, 0.2) is 22.6 Å². The number of piperazine rings is 1. The first-order valence-corrected chi connectivity index (χ1v) is 8.36. The maximum absolute atomic E-state index is 9.29. The molecule has 1 fully saturated rings. The molecule has 1 aromatic carbocycles. The third kappa shape index (κ3) is 3.75. The number of rotatable bonds is 4. The normalized spacial score (nSPS) is 15.3. The second-order valence-corrected chi connectivity index (χ2v) is 6.52. The minimum absolute atomic E-state index is 0.0923. The average Bonchev–Trinajstić information content (AvgIpc) is 2.98. The number of halogens is 2. The van der Waals surface area contributed by atoms with Gasteiger partial charge in [0.05, 0.1) is 38.2 Å². The van der Waals surface area contributed by atoms with Crippen molar-refractivity contribution in [2.45, 2.75) is 6.61 Å². The number of nitrogens with zero attached hydrogens (tertiary/aromatic N) is 3. The molecule has 0 aliphatic carbocycles. The molecule has 1 aliphatic heterocycles. The van der Waals surface area contributed by atoms with Crippen LogP contribution in [0.2, 0.25) is 10.0 Å². The molecule has 0 amide bonds. The van der Waals surface area contributed by atoms with E-state index in [1.54, 1.807) is 18.2 Å². The molecule has 3 rings (SSSR count). The molecule has 0 saturated carbocycles. The SMILES string of the molecule is C[NH+]1CCN(c2oc(COc3ccc(Cl)cc3Cl)nc2C#N)CC1. The first-order chi connectivity index (χ1) is 11.6. The van der Waals surface area contributed by atoms with Crippen molar-refractivity contribution in [3.05, 3.63) is 39.8 Å². The van der Waals surface area contributed by atoms with Crippen LogP contribution in [0.5, 0.6) is 5.75 Å². The van der Waals surface area contributed by atoms with E-state index in [4.69, 9.17) is 32.4 Å². The molecule has 0 unspecified atom stereocenters. The summed E-state index contributed by atoms with van der Waals surface area (Å²) in [5, 5.41) is 10.2. The Morgan fingerprint density at radius 3 is 2.79 bits per heavy atom. The van der Waals surface area contributed by atoms with E-state index in [1.165, 1.54) is 4.90 Å². The Balaban J connectivity index is 1.72. The largest absolute Gasteiger partial charge is 0.482 e. The number of aromatic nitrogens is 1. The van der Waals surface area contributed by atoms with Gasteiger partial charge in [0.25, 0.3) is 0 Å². The van der Waals surface area contributed by atoms with Gasteiger partial charge < -0.3 is 19.0 Å². The Morgan fingerprint density at radius 2 is 2.12 bits per heavy atom. The van der Waals surface area contributed by atoms with E-state index in [0.717, 1.165) is 26.2 Å². The monoisotopic (exact) mass is 367 g/mol. The van der Waals surface area contributed by atoms with Gasteiger partial charge in [0.1, 0.15) is 11.8 Å². The van der Waals surface area contributed by atoms with E-state index in [9.17, 15) is 5.26 Å². The molecule has 2 heterocycles. The number of likely N-dealkylation sites (N-methyl/N-ethyl adjacent to an activating group) is 1. The molecule has 2 aromatic rings. The van der Waals surface area contributed by atoms with Gasteiger partial charge in [-0.05, 0) is 18.2 Å². The number of nitrogens with one attached hydrogen (secondary N) is 1. The smallest absolute Gasteiger partial charge is 0.236 e. The Kier molecular flexibility index (Phi) is 5.14. The van der Waals surface area contributed by atoms with Gasteiger partial charge in [0.15, 0.2) is 6.61 Å². The molecular formula is C16H17Cl2N4O2+. The number of oxazole rings is 1. The quantitative estimate of drug-likeness (QED) is 0.891. The maximum Gasteiger partial charge on any atom is 0.236 e. The molecule has 6 nitrogen and oxygen atoms in total. The van der Waals surface area contributed by atoms with Gasteiger partial charge in [-0.2, -0.15) is 10.2 Å². The highest BCUT2D eigenvalue weighted by Crippen LogP contribution is 2.29. The zero-order chi connectivity index (χ0) is 17.1. The van der Waals surface area contributed by atoms with E-state index in [0.29, 0.717) is 27.6 Å². The molecular weight excluding hydrogens is 351 g/mol. The lowest BCUT2D eigenvalue weighted by Gasteiger charge is -2.29. The Morgan fingerprint density at radius 1 is 1.38 bits per heavy atom. The van der Waals surface area contributed by atoms with Crippen LogP contribution in [-0.2, 0) is 6.61 Å². The Hall–Kier alpha value is -1.94. The summed E-state index contributed by atoms with van der Waals surface area (Å²) >= 11 is 11.9. The summed E-state index contributed by atoms with van der Waals surface area (Å²) in [6.07, 6.45) is 0. The summed E-state index contributed by atoms with van der Waals surface area (Å²) in [4.78, 5) is 7.73. The summed E-state index contributed by atoms with van der Waals surface area (Å²) in [5.41, 5.74) is 0.287. The van der Waals surface area contributed by atoms with Crippen LogP contribution in [0, 0.1) is 11.3 Å². The highest BCUT2D eigenvalue weighted by atomic mass is 35.5. The van der Waals surface area contributed by atoms with E-state index in [-0.39, 0.29) is 12.3 Å². The fourth-order valence-electron chi connectivity index (χ4n) is 2.53. The number of benzene rings is 1. The first-order valence-electron chi connectivity index (χ1n) is 7.60. The Bertz CT molecular complexity index is 764. The summed E-state index contributed by atoms with van der Waals surface area (Å²) in [6, 6.07) is 7.07. The van der Waals surface area contributed by atoms with Crippen molar-refractivity contribution in [2.75, 3.05) is 38.1 Å². The second-order valence-electron chi connectivity index (χ2n) is 5.68. The van der Waals surface area contributed by atoms with E-state index < -0.39 is 0 Å². The summed E-state index contributed by atoms with van der Waals surface area (Å²) in [7, 11) is 2.15. The molecule has 8 heteroatoms. The van der Waals surface area contributed by atoms with Crippen LogP contribution in [0.4, 0.5) is 5.88 Å². The number of hydrogen-bond acceptors (Lipinski definition) is 5. The van der Waals surface area contributed by atoms with Crippen molar-refractivity contribution in [2.24, 2.45) is 0 Å². The molecule has 24 heavy (non-hydrogen) atoms. The molecule has 0 bridgehead atoms. The number of quaternary nitrogens is 1. The molecule has 126 valence electrons. The predicted molar refractivity (Wildman–Crippen MR) is 90.8 cm³/mol. The lowest BCUT2D eigenvalue weighted by Crippen LogP contribution is -3.12. The predicted octanol–water partition coefficient (Wildman–Crippen LogP) is 1.77. The van der Waals surface area contributed by atoms with Crippen molar-refractivity contribution in [3.63, 3.8) is 0 Å². The lowest BCUT2D eigenvalue weighted by molar-refractivity contribution is -0.880. The van der Waals surface area contributed by atoms with Gasteiger partial charge in [-0.3, -0.25) is 0 Å². The lowest BCUT2D eigenvalue weighted by atomic mass is 10.3. The van der Waals surface area contributed by atoms with Crippen molar-refractivity contribution in [3.8, 4) is 11.8 Å². The van der Waals surface area contributed by atoms with Crippen molar-refractivity contribution < 1.29 is 14.1 Å². The standard InChI is InChI=1S/C16H16Cl2N4O2/c1-21-4-6-22(7-5-21)16-13(9-19)20-15(24-16)10-23-14-3-2-11(17)8-12(14)18/h2-3,8H,4-7,10H2,1H3/p+1. The van der Waals surface area contributed by atoms with Crippen LogP contribution in [0.25, 0.3) is 0 Å². The molecule has 1 aromatic heterocycles. The number of hydrogen-bond donors (Lipinski definition) is 1. The third-order valence-electron chi connectivity index (χ3n) is 3.91. The number of ether oxygens (including phenoxy) is 1. The molecule has 0 radical (unpaired) electrons. The van der Waals surface area contributed by atoms with Crippen LogP contribution in [0.1, 0.15) is 11.6 Å². The van der Waals surface area contributed by atoms with Crippen LogP contribution < -0.4 is 14.5 Å². The van der Waals surface area contributed by atoms with Crippen LogP contribution >= 0.6 is 23.2 Å². The van der Waals surface area contributed by atoms with Gasteiger partial charge in [0, 0.05) is 5.02 Å². The zero-order valence-electron chi connectivity index (χ0n) is 13.2. The van der Waals surface area contributed by atoms with Crippen molar-refractivity contribution in [1.82, 2.24) is 4.98 Å². The third-order valence-corrected chi connectivity index (χ3v) is 4.44. The van der Waals surface area contributed by atoms with Crippen LogP contribution in [0.3, 0.4) is 0 Å². The highest BCUT2D eigenvalue weighted by Gasteiger charge is 2.24. The Labute approximate surface area is 150 Å². The zero-order valence-corrected chi connectivity index (χ0v) is 14.7. The fourth-order valence-corrected chi connectivity index (χ4v) is 2.99. The summed E-state index contributed by atoms with van der Waals surface area (Å²) in [6.45, 7) is 3.75. The fraction of sp³-hybridized carbons (Fsp3) is 0.375. The maximum atomic E-state index is 9.29. The van der Waals surface area contributed by atoms with Crippen molar-refractivity contribution in [1.29, 1.82) is 5.26 Å². The molecule has 1 aliphatic rings. The van der Waals surface area contributed by atoms with E-state index in [1.807, 2.05) is 0 Å². The number of anilines is 1. The highest BCUT2D eigenvalue weighted by molar-refractivity contribution is 6.35. The second kappa shape index (κ2) is 7.31. The minimum Gasteiger partial charge on any atom is -0.482 e. The first kappa shape index (κ1) is 16.9. The summed E-state index contributed by atoms with van der Waals surface area (Å²) < 4.78 is 11.4. The van der Waals surface area contributed by atoms with Gasteiger partial charge in [-0.15, -0.1) is 0 Å². The van der Waals surface area contributed by atoms with Gasteiger partial charge in [-0.1, -0.05) is 23.2 Å².